The fourth-order valence-electron chi connectivity index (χ4n) is 2.76. The predicted molar refractivity (Wildman–Crippen MR) is 61.0 cm³/mol. The van der Waals surface area contributed by atoms with Crippen LogP contribution < -0.4 is 10.3 Å². The highest BCUT2D eigenvalue weighted by Gasteiger charge is 2.29. The molecule has 1 heterocycles. The van der Waals surface area contributed by atoms with Crippen LogP contribution in [0, 0.1) is 0 Å². The molecule has 0 amide bonds. The van der Waals surface area contributed by atoms with Gasteiger partial charge in [-0.3, -0.25) is 10.3 Å². The zero-order valence-electron chi connectivity index (χ0n) is 8.92. The Labute approximate surface area is 90.4 Å². The van der Waals surface area contributed by atoms with Gasteiger partial charge in [-0.1, -0.05) is 24.3 Å². The molecule has 2 aliphatic rings. The highest BCUT2D eigenvalue weighted by atomic mass is 15.1. The summed E-state index contributed by atoms with van der Waals surface area (Å²) in [6.07, 6.45) is 3.85. The van der Waals surface area contributed by atoms with Crippen molar-refractivity contribution in [2.75, 3.05) is 13.1 Å². The number of fused-ring (bicyclic) bond motifs is 1. The Morgan fingerprint density at radius 2 is 2.20 bits per heavy atom. The molecule has 2 heteroatoms. The van der Waals surface area contributed by atoms with Crippen molar-refractivity contribution in [2.24, 2.45) is 0 Å². The third-order valence-electron chi connectivity index (χ3n) is 3.47. The third-order valence-corrected chi connectivity index (χ3v) is 3.47. The normalized spacial score (nSPS) is 24.3. The minimum absolute atomic E-state index is 0.595. The number of hydrogen-bond acceptors (Lipinski definition) is 1. The number of nitrogens with one attached hydrogen (secondary N) is 2. The van der Waals surface area contributed by atoms with Crippen molar-refractivity contribution >= 4 is 5.84 Å². The number of benzene rings is 1. The van der Waals surface area contributed by atoms with E-state index in [9.17, 15) is 0 Å². The van der Waals surface area contributed by atoms with E-state index in [-0.39, 0.29) is 0 Å². The van der Waals surface area contributed by atoms with Crippen LogP contribution in [0.2, 0.25) is 0 Å². The van der Waals surface area contributed by atoms with Gasteiger partial charge in [0.05, 0.1) is 5.92 Å². The highest BCUT2D eigenvalue weighted by Crippen LogP contribution is 2.31. The molecule has 2 N–H and O–H groups in total. The predicted octanol–water partition coefficient (Wildman–Crippen LogP) is 0.189. The Bertz CT molecular complexity index is 395. The van der Waals surface area contributed by atoms with Crippen LogP contribution in [0.3, 0.4) is 0 Å². The van der Waals surface area contributed by atoms with Crippen LogP contribution in [0.4, 0.5) is 0 Å². The van der Waals surface area contributed by atoms with Crippen LogP contribution in [-0.2, 0) is 6.42 Å². The summed E-state index contributed by atoms with van der Waals surface area (Å²) in [6, 6.07) is 8.87. The van der Waals surface area contributed by atoms with Crippen molar-refractivity contribution in [1.82, 2.24) is 5.32 Å². The van der Waals surface area contributed by atoms with Crippen LogP contribution in [0.1, 0.15) is 29.9 Å². The summed E-state index contributed by atoms with van der Waals surface area (Å²) in [7, 11) is 0. The maximum atomic E-state index is 3.47. The second-order valence-corrected chi connectivity index (χ2v) is 4.41. The van der Waals surface area contributed by atoms with Gasteiger partial charge in [-0.2, -0.15) is 0 Å². The molecule has 0 saturated carbocycles. The first-order valence-electron chi connectivity index (χ1n) is 5.87. The molecule has 15 heavy (non-hydrogen) atoms. The summed E-state index contributed by atoms with van der Waals surface area (Å²) in [5.41, 5.74) is 3.07. The van der Waals surface area contributed by atoms with Crippen molar-refractivity contribution in [3.05, 3.63) is 35.4 Å². The molecule has 0 bridgehead atoms. The second kappa shape index (κ2) is 3.69. The molecule has 78 valence electrons. The summed E-state index contributed by atoms with van der Waals surface area (Å²) in [4.78, 5) is 3.47. The number of hydrogen-bond donors (Lipinski definition) is 2. The van der Waals surface area contributed by atoms with E-state index in [1.54, 1.807) is 0 Å². The van der Waals surface area contributed by atoms with Crippen LogP contribution in [-0.4, -0.2) is 18.9 Å². The van der Waals surface area contributed by atoms with E-state index in [1.165, 1.54) is 36.2 Å². The van der Waals surface area contributed by atoms with E-state index in [0.29, 0.717) is 5.92 Å². The summed E-state index contributed by atoms with van der Waals surface area (Å²) in [5.74, 6) is 1.94. The SMILES string of the molecule is c1ccc2c(c1)CCC[C@H]2C1=[NH+]CCN1. The van der Waals surface area contributed by atoms with E-state index in [1.807, 2.05) is 0 Å². The molecule has 0 aromatic heterocycles. The monoisotopic (exact) mass is 201 g/mol. The van der Waals surface area contributed by atoms with Crippen molar-refractivity contribution < 1.29 is 4.99 Å². The van der Waals surface area contributed by atoms with Gasteiger partial charge in [0.25, 0.3) is 0 Å². The van der Waals surface area contributed by atoms with Gasteiger partial charge in [0.15, 0.2) is 0 Å². The largest absolute Gasteiger partial charge is 0.274 e. The van der Waals surface area contributed by atoms with Crippen molar-refractivity contribution in [2.45, 2.75) is 25.2 Å². The molecule has 3 rings (SSSR count). The van der Waals surface area contributed by atoms with E-state index >= 15 is 0 Å². The van der Waals surface area contributed by atoms with E-state index in [0.717, 1.165) is 13.1 Å². The topological polar surface area (TPSA) is 26.0 Å². The Morgan fingerprint density at radius 1 is 1.27 bits per heavy atom. The fourth-order valence-corrected chi connectivity index (χ4v) is 2.76. The minimum atomic E-state index is 0.595. The Hall–Kier alpha value is -1.31. The molecule has 1 atom stereocenters. The van der Waals surface area contributed by atoms with E-state index < -0.39 is 0 Å². The zero-order valence-corrected chi connectivity index (χ0v) is 8.92. The first kappa shape index (κ1) is 8.96. The van der Waals surface area contributed by atoms with E-state index in [4.69, 9.17) is 0 Å². The summed E-state index contributed by atoms with van der Waals surface area (Å²) in [5, 5.41) is 3.47. The minimum Gasteiger partial charge on any atom is -0.274 e. The number of amidine groups is 1. The zero-order chi connectivity index (χ0) is 10.1. The molecule has 0 fully saturated rings. The van der Waals surface area contributed by atoms with E-state index in [2.05, 4.69) is 34.6 Å². The Kier molecular flexibility index (Phi) is 2.20. The average molecular weight is 201 g/mol. The molecule has 1 aromatic rings. The Morgan fingerprint density at radius 3 is 3.07 bits per heavy atom. The van der Waals surface area contributed by atoms with Crippen LogP contribution in [0.5, 0.6) is 0 Å². The van der Waals surface area contributed by atoms with Crippen LogP contribution in [0.15, 0.2) is 24.3 Å². The van der Waals surface area contributed by atoms with Gasteiger partial charge < -0.3 is 0 Å². The smallest absolute Gasteiger partial charge is 0.250 e. The van der Waals surface area contributed by atoms with Gasteiger partial charge in [-0.25, -0.2) is 0 Å². The molecule has 0 radical (unpaired) electrons. The Balaban J connectivity index is 1.98. The average Bonchev–Trinajstić information content (AvgIpc) is 2.82. The summed E-state index contributed by atoms with van der Waals surface area (Å²) in [6.45, 7) is 2.15. The van der Waals surface area contributed by atoms with Gasteiger partial charge >= 0.3 is 0 Å². The lowest BCUT2D eigenvalue weighted by Crippen LogP contribution is -2.71. The third kappa shape index (κ3) is 1.54. The molecular weight excluding hydrogens is 184 g/mol. The maximum Gasteiger partial charge on any atom is 0.250 e. The van der Waals surface area contributed by atoms with Crippen molar-refractivity contribution in [1.29, 1.82) is 0 Å². The lowest BCUT2D eigenvalue weighted by atomic mass is 9.82. The molecular formula is C13H17N2+. The van der Waals surface area contributed by atoms with Crippen molar-refractivity contribution in [3.63, 3.8) is 0 Å². The van der Waals surface area contributed by atoms with Gasteiger partial charge in [-0.15, -0.1) is 0 Å². The molecule has 1 aromatic carbocycles. The summed E-state index contributed by atoms with van der Waals surface area (Å²) < 4.78 is 0. The maximum absolute atomic E-state index is 3.47. The lowest BCUT2D eigenvalue weighted by Gasteiger charge is -2.22. The molecule has 1 aliphatic heterocycles. The molecule has 2 nitrogen and oxygen atoms in total. The van der Waals surface area contributed by atoms with Gasteiger partial charge in [-0.05, 0) is 30.4 Å². The van der Waals surface area contributed by atoms with Crippen molar-refractivity contribution in [3.8, 4) is 0 Å². The quantitative estimate of drug-likeness (QED) is 0.666. The van der Waals surface area contributed by atoms with Gasteiger partial charge in [0.1, 0.15) is 13.1 Å². The lowest BCUT2D eigenvalue weighted by molar-refractivity contribution is -0.446. The molecule has 0 saturated heterocycles. The molecule has 0 unspecified atom stereocenters. The van der Waals surface area contributed by atoms with Gasteiger partial charge in [0.2, 0.25) is 5.84 Å². The summed E-state index contributed by atoms with van der Waals surface area (Å²) >= 11 is 0. The first-order chi connectivity index (χ1) is 7.45. The fraction of sp³-hybridized carbons (Fsp3) is 0.462. The van der Waals surface area contributed by atoms with Gasteiger partial charge in [0, 0.05) is 0 Å². The van der Waals surface area contributed by atoms with Crippen LogP contribution >= 0.6 is 0 Å². The molecule has 0 spiro atoms. The molecule has 1 aliphatic carbocycles. The first-order valence-corrected chi connectivity index (χ1v) is 5.87. The second-order valence-electron chi connectivity index (χ2n) is 4.41. The highest BCUT2D eigenvalue weighted by molar-refractivity contribution is 5.85. The van der Waals surface area contributed by atoms with Crippen LogP contribution in [0.25, 0.3) is 0 Å². The standard InChI is InChI=1S/C13H16N2/c1-2-6-11-10(4-1)5-3-7-12(11)13-14-8-9-15-13/h1-2,4,6,12H,3,5,7-9H2,(H,14,15)/p+1/t12-/m1/s1. The number of rotatable bonds is 1. The number of aryl methyl sites for hydroxylation is 1.